The Balaban J connectivity index is 1.46. The second-order valence-electron chi connectivity index (χ2n) is 8.70. The van der Waals surface area contributed by atoms with Gasteiger partial charge >= 0.3 is 6.18 Å². The quantitative estimate of drug-likeness (QED) is 0.510. The zero-order valence-corrected chi connectivity index (χ0v) is 17.6. The minimum atomic E-state index is -4.12. The standard InChI is InChI=1S/C20H36F3N5O/c1-24-18(25-13-17-5-8-27(14-17)16-20(21,22)23)26-15-19(6-3-2-4-7-19)28-9-11-29-12-10-28/h17H,2-16H2,1H3,(H2,24,25,26). The van der Waals surface area contributed by atoms with E-state index in [0.29, 0.717) is 19.6 Å². The zero-order valence-electron chi connectivity index (χ0n) is 17.6. The van der Waals surface area contributed by atoms with Crippen LogP contribution in [-0.4, -0.2) is 93.5 Å². The first kappa shape index (κ1) is 22.6. The number of ether oxygens (including phenoxy) is 1. The van der Waals surface area contributed by atoms with Gasteiger partial charge in [0.1, 0.15) is 0 Å². The molecule has 0 aromatic carbocycles. The molecule has 2 saturated heterocycles. The van der Waals surface area contributed by atoms with Crippen LogP contribution < -0.4 is 10.6 Å². The van der Waals surface area contributed by atoms with Crippen molar-refractivity contribution in [2.75, 3.05) is 66.1 Å². The Labute approximate surface area is 172 Å². The fraction of sp³-hybridized carbons (Fsp3) is 0.950. The number of nitrogens with zero attached hydrogens (tertiary/aromatic N) is 3. The van der Waals surface area contributed by atoms with Crippen LogP contribution in [0.2, 0.25) is 0 Å². The average Bonchev–Trinajstić information content (AvgIpc) is 3.15. The Morgan fingerprint density at radius 1 is 1.10 bits per heavy atom. The molecule has 1 saturated carbocycles. The Hall–Kier alpha value is -1.06. The van der Waals surface area contributed by atoms with Crippen molar-refractivity contribution in [3.63, 3.8) is 0 Å². The molecule has 0 aromatic rings. The Kier molecular flexibility index (Phi) is 8.04. The van der Waals surface area contributed by atoms with E-state index in [-0.39, 0.29) is 11.5 Å². The molecule has 3 rings (SSSR count). The number of nitrogens with one attached hydrogen (secondary N) is 2. The number of hydrogen-bond acceptors (Lipinski definition) is 4. The van der Waals surface area contributed by atoms with Crippen molar-refractivity contribution in [3.05, 3.63) is 0 Å². The smallest absolute Gasteiger partial charge is 0.379 e. The van der Waals surface area contributed by atoms with Crippen molar-refractivity contribution in [3.8, 4) is 0 Å². The molecule has 2 heterocycles. The largest absolute Gasteiger partial charge is 0.401 e. The van der Waals surface area contributed by atoms with Gasteiger partial charge in [-0.25, -0.2) is 0 Å². The summed E-state index contributed by atoms with van der Waals surface area (Å²) in [5.41, 5.74) is 0.149. The average molecular weight is 420 g/mol. The lowest BCUT2D eigenvalue weighted by molar-refractivity contribution is -0.143. The summed E-state index contributed by atoms with van der Waals surface area (Å²) in [6.45, 7) is 5.24. The first-order valence-corrected chi connectivity index (χ1v) is 11.0. The van der Waals surface area contributed by atoms with Crippen LogP contribution in [-0.2, 0) is 4.74 Å². The SMILES string of the molecule is CN=C(NCC1CCN(CC(F)(F)F)C1)NCC1(N2CCOCC2)CCCCC1. The number of likely N-dealkylation sites (tertiary alicyclic amines) is 1. The maximum atomic E-state index is 12.6. The molecule has 1 unspecified atom stereocenters. The molecule has 2 aliphatic heterocycles. The molecule has 168 valence electrons. The van der Waals surface area contributed by atoms with Crippen molar-refractivity contribution in [2.45, 2.75) is 50.2 Å². The number of alkyl halides is 3. The number of guanidine groups is 1. The number of aliphatic imine (C=N–C) groups is 1. The molecule has 9 heteroatoms. The molecule has 0 radical (unpaired) electrons. The maximum absolute atomic E-state index is 12.6. The predicted octanol–water partition coefficient (Wildman–Crippen LogP) is 2.07. The summed E-state index contributed by atoms with van der Waals surface area (Å²) >= 11 is 0. The summed E-state index contributed by atoms with van der Waals surface area (Å²) in [6, 6.07) is 0. The van der Waals surface area contributed by atoms with E-state index in [0.717, 1.165) is 45.2 Å². The lowest BCUT2D eigenvalue weighted by Crippen LogP contribution is -2.60. The minimum Gasteiger partial charge on any atom is -0.379 e. The summed E-state index contributed by atoms with van der Waals surface area (Å²) in [6.07, 6.45) is 2.85. The maximum Gasteiger partial charge on any atom is 0.401 e. The summed E-state index contributed by atoms with van der Waals surface area (Å²) in [4.78, 5) is 8.43. The van der Waals surface area contributed by atoms with Crippen LogP contribution in [0.1, 0.15) is 38.5 Å². The van der Waals surface area contributed by atoms with Crippen LogP contribution in [0.5, 0.6) is 0 Å². The summed E-state index contributed by atoms with van der Waals surface area (Å²) < 4.78 is 43.3. The Morgan fingerprint density at radius 2 is 1.83 bits per heavy atom. The molecule has 0 aromatic heterocycles. The number of rotatable bonds is 6. The molecule has 3 aliphatic rings. The van der Waals surface area contributed by atoms with E-state index in [1.807, 2.05) is 0 Å². The van der Waals surface area contributed by atoms with E-state index in [1.165, 1.54) is 37.0 Å². The van der Waals surface area contributed by atoms with Gasteiger partial charge in [0.15, 0.2) is 5.96 Å². The van der Waals surface area contributed by atoms with E-state index in [2.05, 4.69) is 20.5 Å². The fourth-order valence-corrected chi connectivity index (χ4v) is 5.04. The topological polar surface area (TPSA) is 52.1 Å². The molecular weight excluding hydrogens is 383 g/mol. The molecule has 0 amide bonds. The third-order valence-electron chi connectivity index (χ3n) is 6.61. The van der Waals surface area contributed by atoms with E-state index in [9.17, 15) is 13.2 Å². The minimum absolute atomic E-state index is 0.149. The predicted molar refractivity (Wildman–Crippen MR) is 108 cm³/mol. The molecule has 29 heavy (non-hydrogen) atoms. The summed E-state index contributed by atoms with van der Waals surface area (Å²) in [7, 11) is 1.75. The van der Waals surface area contributed by atoms with Gasteiger partial charge in [0, 0.05) is 45.3 Å². The van der Waals surface area contributed by atoms with E-state index in [1.54, 1.807) is 7.05 Å². The summed E-state index contributed by atoms with van der Waals surface area (Å²) in [5.74, 6) is 0.969. The normalized spacial score (nSPS) is 27.2. The van der Waals surface area contributed by atoms with Crippen LogP contribution >= 0.6 is 0 Å². The molecule has 1 aliphatic carbocycles. The molecular formula is C20H36F3N5O. The van der Waals surface area contributed by atoms with Gasteiger partial charge in [0.25, 0.3) is 0 Å². The van der Waals surface area contributed by atoms with Crippen molar-refractivity contribution in [1.29, 1.82) is 0 Å². The molecule has 6 nitrogen and oxygen atoms in total. The van der Waals surface area contributed by atoms with Crippen LogP contribution in [0.15, 0.2) is 4.99 Å². The van der Waals surface area contributed by atoms with E-state index >= 15 is 0 Å². The zero-order chi connectivity index (χ0) is 20.7. The number of morpholine rings is 1. The first-order chi connectivity index (χ1) is 13.9. The third-order valence-corrected chi connectivity index (χ3v) is 6.61. The van der Waals surface area contributed by atoms with Crippen molar-refractivity contribution in [1.82, 2.24) is 20.4 Å². The van der Waals surface area contributed by atoms with Crippen molar-refractivity contribution < 1.29 is 17.9 Å². The highest BCUT2D eigenvalue weighted by atomic mass is 19.4. The van der Waals surface area contributed by atoms with Crippen molar-refractivity contribution in [2.24, 2.45) is 10.9 Å². The van der Waals surface area contributed by atoms with Gasteiger partial charge in [-0.1, -0.05) is 19.3 Å². The van der Waals surface area contributed by atoms with Gasteiger partial charge in [-0.05, 0) is 31.7 Å². The van der Waals surface area contributed by atoms with Gasteiger partial charge in [0.2, 0.25) is 0 Å². The fourth-order valence-electron chi connectivity index (χ4n) is 5.04. The lowest BCUT2D eigenvalue weighted by Gasteiger charge is -2.48. The monoisotopic (exact) mass is 419 g/mol. The highest BCUT2D eigenvalue weighted by Gasteiger charge is 2.39. The number of halogens is 3. The second-order valence-corrected chi connectivity index (χ2v) is 8.70. The van der Waals surface area contributed by atoms with Gasteiger partial charge in [-0.15, -0.1) is 0 Å². The number of hydrogen-bond donors (Lipinski definition) is 2. The van der Waals surface area contributed by atoms with Crippen molar-refractivity contribution >= 4 is 5.96 Å². The molecule has 1 atom stereocenters. The van der Waals surface area contributed by atoms with Gasteiger partial charge < -0.3 is 15.4 Å². The molecule has 3 fully saturated rings. The molecule has 0 spiro atoms. The molecule has 0 bridgehead atoms. The highest BCUT2D eigenvalue weighted by Crippen LogP contribution is 2.33. The van der Waals surface area contributed by atoms with Gasteiger partial charge in [0.05, 0.1) is 19.8 Å². The van der Waals surface area contributed by atoms with Crippen LogP contribution in [0.25, 0.3) is 0 Å². The Bertz CT molecular complexity index is 531. The summed E-state index contributed by atoms with van der Waals surface area (Å²) in [5, 5.41) is 6.86. The van der Waals surface area contributed by atoms with Gasteiger partial charge in [-0.2, -0.15) is 13.2 Å². The Morgan fingerprint density at radius 3 is 2.48 bits per heavy atom. The lowest BCUT2D eigenvalue weighted by atomic mass is 9.80. The first-order valence-electron chi connectivity index (χ1n) is 11.0. The third kappa shape index (κ3) is 6.72. The highest BCUT2D eigenvalue weighted by molar-refractivity contribution is 5.79. The van der Waals surface area contributed by atoms with E-state index < -0.39 is 12.7 Å². The second kappa shape index (κ2) is 10.3. The van der Waals surface area contributed by atoms with Crippen LogP contribution in [0, 0.1) is 5.92 Å². The molecule has 2 N–H and O–H groups in total. The van der Waals surface area contributed by atoms with Crippen LogP contribution in [0.4, 0.5) is 13.2 Å². The van der Waals surface area contributed by atoms with Gasteiger partial charge in [-0.3, -0.25) is 14.8 Å². The van der Waals surface area contributed by atoms with E-state index in [4.69, 9.17) is 4.74 Å². The van der Waals surface area contributed by atoms with Crippen LogP contribution in [0.3, 0.4) is 0 Å².